The number of carboxylic acid groups (broad SMARTS) is 2. The van der Waals surface area contributed by atoms with Crippen molar-refractivity contribution in [2.24, 2.45) is 0 Å². The maximum Gasteiger partial charge on any atom is 0.339 e. The van der Waals surface area contributed by atoms with Crippen LogP contribution >= 0.6 is 35.3 Å². The predicted molar refractivity (Wildman–Crippen MR) is 115 cm³/mol. The third-order valence-corrected chi connectivity index (χ3v) is 5.80. The number of urea groups is 1. The highest BCUT2D eigenvalue weighted by Crippen LogP contribution is 2.37. The molecule has 4 N–H and O–H groups in total. The van der Waals surface area contributed by atoms with Gasteiger partial charge in [0.25, 0.3) is 5.91 Å². The number of carbonyl (C=O) groups excluding carboxylic acids is 2. The standard InChI is InChI=1S/C17H12N4O6S3/c22-10(23)6-21-13(24)12(30-17(21)28)11(14(25)26)9-7-29-16(19-9)20-15(27)18-8-4-2-1-3-5-8/h1-5,7H,6H2,(H,22,23)(H,25,26)(H2,18,19,20,27). The highest BCUT2D eigenvalue weighted by molar-refractivity contribution is 8.26. The van der Waals surface area contributed by atoms with Gasteiger partial charge in [0.05, 0.1) is 10.6 Å². The zero-order chi connectivity index (χ0) is 21.8. The van der Waals surface area contributed by atoms with Crippen LogP contribution in [-0.2, 0) is 14.4 Å². The highest BCUT2D eigenvalue weighted by atomic mass is 32.2. The number of amides is 3. The van der Waals surface area contributed by atoms with E-state index < -0.39 is 36.0 Å². The summed E-state index contributed by atoms with van der Waals surface area (Å²) in [5.41, 5.74) is 0.0754. The number of para-hydroxylation sites is 1. The van der Waals surface area contributed by atoms with Gasteiger partial charge in [-0.1, -0.05) is 42.2 Å². The molecule has 0 unspecified atom stereocenters. The number of hydrogen-bond donors (Lipinski definition) is 4. The normalized spacial score (nSPS) is 15.1. The second-order valence-electron chi connectivity index (χ2n) is 5.65. The highest BCUT2D eigenvalue weighted by Gasteiger charge is 2.38. The lowest BCUT2D eigenvalue weighted by molar-refractivity contribution is -0.140. The van der Waals surface area contributed by atoms with Gasteiger partial charge in [-0.2, -0.15) is 0 Å². The summed E-state index contributed by atoms with van der Waals surface area (Å²) in [7, 11) is 0. The van der Waals surface area contributed by atoms with Crippen molar-refractivity contribution in [3.05, 3.63) is 46.3 Å². The Morgan fingerprint density at radius 2 is 1.83 bits per heavy atom. The largest absolute Gasteiger partial charge is 0.480 e. The maximum absolute atomic E-state index is 12.5. The number of thiazole rings is 1. The van der Waals surface area contributed by atoms with Crippen molar-refractivity contribution in [1.82, 2.24) is 9.88 Å². The third-order valence-electron chi connectivity index (χ3n) is 3.60. The van der Waals surface area contributed by atoms with Gasteiger partial charge in [-0.25, -0.2) is 14.6 Å². The molecule has 1 aliphatic heterocycles. The van der Waals surface area contributed by atoms with Crippen molar-refractivity contribution < 1.29 is 29.4 Å². The van der Waals surface area contributed by atoms with E-state index in [2.05, 4.69) is 15.6 Å². The Kier molecular flexibility index (Phi) is 6.44. The van der Waals surface area contributed by atoms with Gasteiger partial charge in [-0.05, 0) is 12.1 Å². The molecule has 0 radical (unpaired) electrons. The van der Waals surface area contributed by atoms with E-state index in [1.54, 1.807) is 30.3 Å². The van der Waals surface area contributed by atoms with E-state index in [1.807, 2.05) is 0 Å². The molecule has 0 saturated carbocycles. The summed E-state index contributed by atoms with van der Waals surface area (Å²) in [4.78, 5) is 51.9. The number of benzene rings is 1. The molecule has 0 atom stereocenters. The van der Waals surface area contributed by atoms with Crippen molar-refractivity contribution in [2.75, 3.05) is 17.2 Å². The second kappa shape index (κ2) is 9.02. The Hall–Kier alpha value is -3.29. The number of nitrogens with one attached hydrogen (secondary N) is 2. The number of rotatable bonds is 6. The van der Waals surface area contributed by atoms with Crippen LogP contribution in [0.15, 0.2) is 40.6 Å². The van der Waals surface area contributed by atoms with E-state index >= 15 is 0 Å². The fourth-order valence-corrected chi connectivity index (χ4v) is 4.39. The molecule has 3 amide bonds. The lowest BCUT2D eigenvalue weighted by atomic mass is 10.2. The molecule has 1 fully saturated rings. The molecule has 0 spiro atoms. The molecule has 2 heterocycles. The zero-order valence-electron chi connectivity index (χ0n) is 14.8. The van der Waals surface area contributed by atoms with Gasteiger partial charge >= 0.3 is 18.0 Å². The zero-order valence-corrected chi connectivity index (χ0v) is 17.3. The number of hydrogen-bond acceptors (Lipinski definition) is 8. The molecule has 154 valence electrons. The quantitative estimate of drug-likeness (QED) is 0.374. The molecule has 1 saturated heterocycles. The molecule has 1 aromatic heterocycles. The minimum absolute atomic E-state index is 0.0571. The molecule has 2 aromatic rings. The number of aromatic nitrogens is 1. The predicted octanol–water partition coefficient (Wildman–Crippen LogP) is 2.53. The lowest BCUT2D eigenvalue weighted by Gasteiger charge is -2.10. The molecular weight excluding hydrogens is 452 g/mol. The topological polar surface area (TPSA) is 149 Å². The van der Waals surface area contributed by atoms with Gasteiger partial charge in [-0.15, -0.1) is 11.3 Å². The molecule has 13 heteroatoms. The Morgan fingerprint density at radius 3 is 2.47 bits per heavy atom. The fourth-order valence-electron chi connectivity index (χ4n) is 2.37. The first kappa shape index (κ1) is 21.4. The van der Waals surface area contributed by atoms with Gasteiger partial charge in [0, 0.05) is 11.1 Å². The Balaban J connectivity index is 1.82. The Bertz CT molecular complexity index is 1080. The molecule has 30 heavy (non-hydrogen) atoms. The van der Waals surface area contributed by atoms with Crippen LogP contribution in [0.4, 0.5) is 15.6 Å². The van der Waals surface area contributed by atoms with E-state index in [4.69, 9.17) is 17.3 Å². The van der Waals surface area contributed by atoms with Crippen molar-refractivity contribution >= 4 is 79.9 Å². The van der Waals surface area contributed by atoms with Crippen LogP contribution < -0.4 is 10.6 Å². The van der Waals surface area contributed by atoms with Gasteiger partial charge in [-0.3, -0.25) is 19.8 Å². The van der Waals surface area contributed by atoms with Gasteiger partial charge in [0.15, 0.2) is 5.13 Å². The van der Waals surface area contributed by atoms with Crippen LogP contribution in [-0.4, -0.2) is 54.8 Å². The summed E-state index contributed by atoms with van der Waals surface area (Å²) in [5, 5.41) is 25.1. The average molecular weight is 465 g/mol. The summed E-state index contributed by atoms with van der Waals surface area (Å²) < 4.78 is -0.0630. The number of carbonyl (C=O) groups is 4. The minimum Gasteiger partial charge on any atom is -0.480 e. The molecule has 0 aliphatic carbocycles. The number of thioether (sulfide) groups is 1. The first-order chi connectivity index (χ1) is 14.3. The average Bonchev–Trinajstić information content (AvgIpc) is 3.22. The molecule has 1 aromatic carbocycles. The van der Waals surface area contributed by atoms with Crippen LogP contribution in [0.1, 0.15) is 5.69 Å². The minimum atomic E-state index is -1.43. The summed E-state index contributed by atoms with van der Waals surface area (Å²) >= 11 is 6.64. The number of nitrogens with zero attached hydrogens (tertiary/aromatic N) is 2. The second-order valence-corrected chi connectivity index (χ2v) is 8.15. The van der Waals surface area contributed by atoms with Gasteiger partial charge < -0.3 is 15.5 Å². The van der Waals surface area contributed by atoms with Crippen molar-refractivity contribution in [3.63, 3.8) is 0 Å². The van der Waals surface area contributed by atoms with Crippen molar-refractivity contribution in [1.29, 1.82) is 0 Å². The van der Waals surface area contributed by atoms with Crippen molar-refractivity contribution in [2.45, 2.75) is 0 Å². The number of carboxylic acids is 2. The van der Waals surface area contributed by atoms with Crippen LogP contribution in [0.2, 0.25) is 0 Å². The lowest BCUT2D eigenvalue weighted by Crippen LogP contribution is -2.33. The van der Waals surface area contributed by atoms with Gasteiger partial charge in [0.2, 0.25) is 0 Å². The Morgan fingerprint density at radius 1 is 1.13 bits per heavy atom. The van der Waals surface area contributed by atoms with Crippen LogP contribution in [0.3, 0.4) is 0 Å². The van der Waals surface area contributed by atoms with Crippen LogP contribution in [0, 0.1) is 0 Å². The maximum atomic E-state index is 12.5. The van der Waals surface area contributed by atoms with E-state index in [-0.39, 0.29) is 20.1 Å². The number of thiocarbonyl (C=S) groups is 1. The van der Waals surface area contributed by atoms with Crippen molar-refractivity contribution in [3.8, 4) is 0 Å². The van der Waals surface area contributed by atoms with E-state index in [9.17, 15) is 24.3 Å². The number of anilines is 2. The van der Waals surface area contributed by atoms with E-state index in [0.29, 0.717) is 17.4 Å². The SMILES string of the molecule is O=C(O)CN1C(=O)C(=C(C(=O)O)c2csc(NC(=O)Nc3ccccc3)n2)SC1=S. The monoisotopic (exact) mass is 464 g/mol. The summed E-state index contributed by atoms with van der Waals surface area (Å²) in [6.45, 7) is -0.676. The van der Waals surface area contributed by atoms with Gasteiger partial charge in [0.1, 0.15) is 16.4 Å². The first-order valence-corrected chi connectivity index (χ1v) is 10.2. The van der Waals surface area contributed by atoms with Crippen LogP contribution in [0.5, 0.6) is 0 Å². The smallest absolute Gasteiger partial charge is 0.339 e. The first-order valence-electron chi connectivity index (χ1n) is 8.08. The van der Waals surface area contributed by atoms with E-state index in [1.165, 1.54) is 5.38 Å². The molecule has 1 aliphatic rings. The third kappa shape index (κ3) is 4.82. The molecule has 3 rings (SSSR count). The Labute approximate surface area is 182 Å². The molecule has 10 nitrogen and oxygen atoms in total. The molecule has 0 bridgehead atoms. The summed E-state index contributed by atoms with van der Waals surface area (Å²) in [6.07, 6.45) is 0. The molecular formula is C17H12N4O6S3. The number of aliphatic carboxylic acids is 2. The summed E-state index contributed by atoms with van der Waals surface area (Å²) in [6, 6.07) is 8.09. The fraction of sp³-hybridized carbons (Fsp3) is 0.0588. The summed E-state index contributed by atoms with van der Waals surface area (Å²) in [5.74, 6) is -3.54. The van der Waals surface area contributed by atoms with Crippen LogP contribution in [0.25, 0.3) is 5.57 Å². The van der Waals surface area contributed by atoms with E-state index in [0.717, 1.165) is 16.2 Å².